The summed E-state index contributed by atoms with van der Waals surface area (Å²) in [4.78, 5) is 36.3. The van der Waals surface area contributed by atoms with Crippen LogP contribution in [0.5, 0.6) is 5.75 Å². The van der Waals surface area contributed by atoms with E-state index in [2.05, 4.69) is 10.6 Å². The average Bonchev–Trinajstić information content (AvgIpc) is 2.87. The van der Waals surface area contributed by atoms with Crippen molar-refractivity contribution in [1.29, 1.82) is 0 Å². The van der Waals surface area contributed by atoms with E-state index in [4.69, 9.17) is 10.5 Å². The molecule has 5 N–H and O–H groups in total. The van der Waals surface area contributed by atoms with Crippen LogP contribution in [0.3, 0.4) is 0 Å². The number of anilines is 3. The fourth-order valence-corrected chi connectivity index (χ4v) is 3.71. The van der Waals surface area contributed by atoms with E-state index < -0.39 is 12.2 Å². The number of ether oxygens (including phenoxy) is 1. The van der Waals surface area contributed by atoms with Crippen molar-refractivity contribution in [3.8, 4) is 5.75 Å². The average molecular weight is 502 g/mol. The van der Waals surface area contributed by atoms with Crippen LogP contribution in [0.4, 0.5) is 21.9 Å². The summed E-state index contributed by atoms with van der Waals surface area (Å²) in [5.41, 5.74) is 8.66. The highest BCUT2D eigenvalue weighted by Gasteiger charge is 2.23. The van der Waals surface area contributed by atoms with Gasteiger partial charge >= 0.3 is 6.09 Å². The second-order valence-electron chi connectivity index (χ2n) is 8.71. The molecule has 3 aromatic rings. The van der Waals surface area contributed by atoms with Crippen LogP contribution in [0.2, 0.25) is 0 Å². The second kappa shape index (κ2) is 12.9. The van der Waals surface area contributed by atoms with Gasteiger partial charge in [0.2, 0.25) is 5.91 Å². The third-order valence-corrected chi connectivity index (χ3v) is 5.79. The summed E-state index contributed by atoms with van der Waals surface area (Å²) in [5, 5.41) is 15.1. The minimum Gasteiger partial charge on any atom is -0.508 e. The largest absolute Gasteiger partial charge is 0.508 e. The van der Waals surface area contributed by atoms with Crippen LogP contribution in [-0.4, -0.2) is 22.9 Å². The molecule has 0 fully saturated rings. The molecule has 0 bridgehead atoms. The highest BCUT2D eigenvalue weighted by molar-refractivity contribution is 6.01. The van der Waals surface area contributed by atoms with Gasteiger partial charge in [-0.25, -0.2) is 4.79 Å². The number of amides is 2. The molecule has 0 aliphatic rings. The van der Waals surface area contributed by atoms with Crippen LogP contribution in [0.1, 0.15) is 48.7 Å². The van der Waals surface area contributed by atoms with Gasteiger partial charge in [0.15, 0.2) is 5.78 Å². The summed E-state index contributed by atoms with van der Waals surface area (Å²) in [6, 6.07) is 20.0. The van der Waals surface area contributed by atoms with Gasteiger partial charge in [0.05, 0.1) is 11.4 Å². The SMILES string of the molecule is CC(=O)c1ccc(NC(=O)O[C@H](c2ccc(O)cc2)[C@H](C)CC/C=C/C(=O)Nc2ccccc2N)cc1. The maximum absolute atomic E-state index is 12.7. The van der Waals surface area contributed by atoms with Gasteiger partial charge in [-0.15, -0.1) is 0 Å². The second-order valence-corrected chi connectivity index (χ2v) is 8.71. The number of nitrogens with one attached hydrogen (secondary N) is 2. The number of rotatable bonds is 10. The van der Waals surface area contributed by atoms with Gasteiger partial charge in [-0.3, -0.25) is 14.9 Å². The van der Waals surface area contributed by atoms with E-state index in [0.717, 1.165) is 5.56 Å². The first-order chi connectivity index (χ1) is 17.7. The molecule has 0 aliphatic heterocycles. The van der Waals surface area contributed by atoms with Crippen molar-refractivity contribution in [2.75, 3.05) is 16.4 Å². The highest BCUT2D eigenvalue weighted by atomic mass is 16.6. The smallest absolute Gasteiger partial charge is 0.412 e. The lowest BCUT2D eigenvalue weighted by atomic mass is 9.93. The van der Waals surface area contributed by atoms with Crippen LogP contribution < -0.4 is 16.4 Å². The number of benzene rings is 3. The van der Waals surface area contributed by atoms with Crippen molar-refractivity contribution in [2.45, 2.75) is 32.8 Å². The first-order valence-corrected chi connectivity index (χ1v) is 11.9. The number of carbonyl (C=O) groups is 3. The number of Topliss-reactive ketones (excluding diaryl/α,β-unsaturated/α-hetero) is 1. The summed E-state index contributed by atoms with van der Waals surface area (Å²) < 4.78 is 5.77. The van der Waals surface area contributed by atoms with Crippen molar-refractivity contribution < 1.29 is 24.2 Å². The molecule has 0 aliphatic carbocycles. The molecule has 0 spiro atoms. The molecule has 0 saturated carbocycles. The molecule has 0 aromatic heterocycles. The van der Waals surface area contributed by atoms with Gasteiger partial charge in [0.1, 0.15) is 11.9 Å². The standard InChI is InChI=1S/C29H31N3O5/c1-19(7-3-6-10-27(35)32-26-9-5-4-8-25(26)30)28(22-13-17-24(34)18-14-22)37-29(36)31-23-15-11-21(12-16-23)20(2)33/h4-6,8-19,28,34H,3,7,30H2,1-2H3,(H,31,36)(H,32,35)/b10-6+/t19-,28+/m1/s1. The molecular formula is C29H31N3O5. The quantitative estimate of drug-likeness (QED) is 0.151. The number of nitrogens with two attached hydrogens (primary N) is 1. The van der Waals surface area contributed by atoms with Gasteiger partial charge in [-0.2, -0.15) is 0 Å². The lowest BCUT2D eigenvalue weighted by molar-refractivity contribution is -0.111. The molecule has 192 valence electrons. The molecule has 3 rings (SSSR count). The van der Waals surface area contributed by atoms with Crippen molar-refractivity contribution in [3.05, 3.63) is 96.1 Å². The van der Waals surface area contributed by atoms with E-state index >= 15 is 0 Å². The van der Waals surface area contributed by atoms with E-state index in [1.54, 1.807) is 66.7 Å². The van der Waals surface area contributed by atoms with Crippen LogP contribution >= 0.6 is 0 Å². The molecule has 37 heavy (non-hydrogen) atoms. The number of phenols is 1. The zero-order chi connectivity index (χ0) is 26.8. The molecule has 0 heterocycles. The Morgan fingerprint density at radius 1 is 0.973 bits per heavy atom. The maximum Gasteiger partial charge on any atom is 0.412 e. The number of nitrogen functional groups attached to an aromatic ring is 1. The molecular weight excluding hydrogens is 470 g/mol. The number of ketones is 1. The fraction of sp³-hybridized carbons (Fsp3) is 0.207. The van der Waals surface area contributed by atoms with Gasteiger partial charge in [-0.1, -0.05) is 37.3 Å². The molecule has 0 saturated heterocycles. The Balaban J connectivity index is 1.61. The molecule has 0 radical (unpaired) electrons. The molecule has 8 heteroatoms. The van der Waals surface area contributed by atoms with Crippen molar-refractivity contribution in [1.82, 2.24) is 0 Å². The summed E-state index contributed by atoms with van der Waals surface area (Å²) in [5.74, 6) is -0.343. The Kier molecular flexibility index (Phi) is 9.43. The topological polar surface area (TPSA) is 131 Å². The van der Waals surface area contributed by atoms with E-state index in [9.17, 15) is 19.5 Å². The Labute approximate surface area is 216 Å². The Bertz CT molecular complexity index is 1250. The zero-order valence-electron chi connectivity index (χ0n) is 20.8. The van der Waals surface area contributed by atoms with E-state index in [1.807, 2.05) is 6.92 Å². The van der Waals surface area contributed by atoms with Gasteiger partial charge < -0.3 is 20.9 Å². The first-order valence-electron chi connectivity index (χ1n) is 11.9. The van der Waals surface area contributed by atoms with Crippen LogP contribution in [0.15, 0.2) is 84.9 Å². The van der Waals surface area contributed by atoms with E-state index in [1.165, 1.54) is 25.1 Å². The predicted octanol–water partition coefficient (Wildman–Crippen LogP) is 6.08. The first kappa shape index (κ1) is 27.0. The van der Waals surface area contributed by atoms with Crippen molar-refractivity contribution in [2.24, 2.45) is 5.92 Å². The van der Waals surface area contributed by atoms with Crippen LogP contribution in [-0.2, 0) is 9.53 Å². The summed E-state index contributed by atoms with van der Waals surface area (Å²) in [6.07, 6.45) is 3.18. The Morgan fingerprint density at radius 3 is 2.30 bits per heavy atom. The van der Waals surface area contributed by atoms with Crippen LogP contribution in [0.25, 0.3) is 0 Å². The number of hydrogen-bond acceptors (Lipinski definition) is 6. The monoisotopic (exact) mass is 501 g/mol. The molecule has 0 unspecified atom stereocenters. The van der Waals surface area contributed by atoms with Gasteiger partial charge in [0, 0.05) is 11.3 Å². The van der Waals surface area contributed by atoms with Crippen molar-refractivity contribution in [3.63, 3.8) is 0 Å². The van der Waals surface area contributed by atoms with E-state index in [-0.39, 0.29) is 23.4 Å². The zero-order valence-corrected chi connectivity index (χ0v) is 20.8. The number of para-hydroxylation sites is 2. The van der Waals surface area contributed by atoms with Gasteiger partial charge in [0.25, 0.3) is 0 Å². The van der Waals surface area contributed by atoms with Crippen molar-refractivity contribution >= 4 is 34.8 Å². The highest BCUT2D eigenvalue weighted by Crippen LogP contribution is 2.31. The number of aromatic hydroxyl groups is 1. The van der Waals surface area contributed by atoms with Crippen LogP contribution in [0, 0.1) is 5.92 Å². The lowest BCUT2D eigenvalue weighted by Gasteiger charge is -2.24. The third-order valence-electron chi connectivity index (χ3n) is 5.79. The fourth-order valence-electron chi connectivity index (χ4n) is 3.71. The summed E-state index contributed by atoms with van der Waals surface area (Å²) in [6.45, 7) is 3.42. The maximum atomic E-state index is 12.7. The molecule has 2 amide bonds. The molecule has 2 atom stereocenters. The minimum absolute atomic E-state index is 0.0638. The summed E-state index contributed by atoms with van der Waals surface area (Å²) >= 11 is 0. The number of phenolic OH excluding ortho intramolecular Hbond substituents is 1. The number of carbonyl (C=O) groups excluding carboxylic acids is 3. The number of allylic oxidation sites excluding steroid dienone is 1. The lowest BCUT2D eigenvalue weighted by Crippen LogP contribution is -2.22. The normalized spacial score (nSPS) is 12.5. The molecule has 8 nitrogen and oxygen atoms in total. The Morgan fingerprint density at radius 2 is 1.65 bits per heavy atom. The minimum atomic E-state index is -0.643. The Hall–Kier alpha value is -4.59. The molecule has 3 aromatic carbocycles. The van der Waals surface area contributed by atoms with E-state index in [0.29, 0.717) is 35.5 Å². The number of hydrogen-bond donors (Lipinski definition) is 4. The predicted molar refractivity (Wildman–Crippen MR) is 144 cm³/mol. The third kappa shape index (κ3) is 8.24. The summed E-state index contributed by atoms with van der Waals surface area (Å²) in [7, 11) is 0. The van der Waals surface area contributed by atoms with Gasteiger partial charge in [-0.05, 0) is 85.9 Å².